The Labute approximate surface area is 127 Å². The average molecular weight is 317 g/mol. The summed E-state index contributed by atoms with van der Waals surface area (Å²) in [5.41, 5.74) is 0. The van der Waals surface area contributed by atoms with Gasteiger partial charge in [-0.15, -0.1) is 0 Å². The van der Waals surface area contributed by atoms with Gasteiger partial charge in [0.25, 0.3) is 0 Å². The molecule has 0 bridgehead atoms. The highest BCUT2D eigenvalue weighted by atomic mass is 32.2. The molecule has 0 aromatic carbocycles. The molecule has 0 aromatic heterocycles. The first kappa shape index (κ1) is 16.7. The molecule has 2 atom stereocenters. The third kappa shape index (κ3) is 5.92. The van der Waals surface area contributed by atoms with Crippen molar-refractivity contribution in [1.29, 1.82) is 0 Å². The van der Waals surface area contributed by atoms with Gasteiger partial charge < -0.3 is 15.5 Å². The fraction of sp³-hybridized carbons (Fsp3) is 0.929. The Kier molecular flexibility index (Phi) is 6.01. The molecule has 2 fully saturated rings. The molecule has 2 unspecified atom stereocenters. The summed E-state index contributed by atoms with van der Waals surface area (Å²) in [5, 5.41) is 6.10. The zero-order valence-electron chi connectivity index (χ0n) is 12.8. The maximum Gasteiger partial charge on any atom is 0.221 e. The number of carbonyl (C=O) groups is 1. The molecule has 2 aliphatic rings. The first-order chi connectivity index (χ1) is 9.94. The van der Waals surface area contributed by atoms with E-state index in [0.29, 0.717) is 6.54 Å². The summed E-state index contributed by atoms with van der Waals surface area (Å²) in [6.45, 7) is 5.56. The number of hydrogen-bond donors (Lipinski definition) is 2. The zero-order chi connectivity index (χ0) is 15.3. The summed E-state index contributed by atoms with van der Waals surface area (Å²) >= 11 is 0. The van der Waals surface area contributed by atoms with E-state index in [1.807, 2.05) is 6.92 Å². The SMILES string of the molecule is CC(CN1CCCCC1)NC(=O)CC1CS(=O)(=O)CCN1. The lowest BCUT2D eigenvalue weighted by atomic mass is 10.1. The van der Waals surface area contributed by atoms with Crippen LogP contribution in [0.1, 0.15) is 32.6 Å². The topological polar surface area (TPSA) is 78.5 Å². The lowest BCUT2D eigenvalue weighted by molar-refractivity contribution is -0.122. The maximum atomic E-state index is 12.0. The largest absolute Gasteiger partial charge is 0.352 e. The molecule has 1 amide bonds. The Hall–Kier alpha value is -0.660. The number of carbonyl (C=O) groups excluding carboxylic acids is 1. The first-order valence-electron chi connectivity index (χ1n) is 7.90. The number of likely N-dealkylation sites (tertiary alicyclic amines) is 1. The second kappa shape index (κ2) is 7.56. The van der Waals surface area contributed by atoms with Crippen LogP contribution in [0.4, 0.5) is 0 Å². The number of sulfone groups is 1. The van der Waals surface area contributed by atoms with E-state index in [1.165, 1.54) is 19.3 Å². The van der Waals surface area contributed by atoms with Crippen molar-refractivity contribution in [1.82, 2.24) is 15.5 Å². The minimum absolute atomic E-state index is 0.0610. The average Bonchev–Trinajstić information content (AvgIpc) is 2.38. The fourth-order valence-corrected chi connectivity index (χ4v) is 4.58. The molecule has 0 aliphatic carbocycles. The van der Waals surface area contributed by atoms with Crippen LogP contribution in [-0.4, -0.2) is 69.0 Å². The summed E-state index contributed by atoms with van der Waals surface area (Å²) < 4.78 is 23.1. The summed E-state index contributed by atoms with van der Waals surface area (Å²) in [4.78, 5) is 14.4. The summed E-state index contributed by atoms with van der Waals surface area (Å²) in [7, 11) is -2.98. The van der Waals surface area contributed by atoms with E-state index in [0.717, 1.165) is 19.6 Å². The van der Waals surface area contributed by atoms with Crippen molar-refractivity contribution in [2.45, 2.75) is 44.7 Å². The first-order valence-corrected chi connectivity index (χ1v) is 9.72. The van der Waals surface area contributed by atoms with Gasteiger partial charge in [0.2, 0.25) is 5.91 Å². The molecule has 2 saturated heterocycles. The zero-order valence-corrected chi connectivity index (χ0v) is 13.6. The monoisotopic (exact) mass is 317 g/mol. The van der Waals surface area contributed by atoms with Crippen molar-refractivity contribution in [2.75, 3.05) is 37.7 Å². The predicted molar refractivity (Wildman–Crippen MR) is 83.0 cm³/mol. The van der Waals surface area contributed by atoms with Crippen LogP contribution >= 0.6 is 0 Å². The highest BCUT2D eigenvalue weighted by Crippen LogP contribution is 2.09. The summed E-state index contributed by atoms with van der Waals surface area (Å²) in [6, 6.07) is -0.137. The van der Waals surface area contributed by atoms with Gasteiger partial charge in [0.05, 0.1) is 11.5 Å². The van der Waals surface area contributed by atoms with Crippen LogP contribution < -0.4 is 10.6 Å². The van der Waals surface area contributed by atoms with Gasteiger partial charge in [0.1, 0.15) is 0 Å². The van der Waals surface area contributed by atoms with Gasteiger partial charge in [-0.05, 0) is 32.9 Å². The van der Waals surface area contributed by atoms with Gasteiger partial charge in [0.15, 0.2) is 9.84 Å². The second-order valence-corrected chi connectivity index (χ2v) is 8.53. The van der Waals surface area contributed by atoms with E-state index in [-0.39, 0.29) is 35.9 Å². The Balaban J connectivity index is 1.70. The second-order valence-electron chi connectivity index (χ2n) is 6.30. The van der Waals surface area contributed by atoms with E-state index in [4.69, 9.17) is 0 Å². The summed E-state index contributed by atoms with van der Waals surface area (Å²) in [5.74, 6) is 0.186. The van der Waals surface area contributed by atoms with Crippen molar-refractivity contribution < 1.29 is 13.2 Å². The fourth-order valence-electron chi connectivity index (χ4n) is 3.13. The van der Waals surface area contributed by atoms with E-state index in [2.05, 4.69) is 15.5 Å². The highest BCUT2D eigenvalue weighted by Gasteiger charge is 2.26. The quantitative estimate of drug-likeness (QED) is 0.731. The molecule has 0 saturated carbocycles. The Morgan fingerprint density at radius 1 is 1.33 bits per heavy atom. The maximum absolute atomic E-state index is 12.0. The lowest BCUT2D eigenvalue weighted by Crippen LogP contribution is -2.49. The number of rotatable bonds is 5. The standard InChI is InChI=1S/C14H27N3O3S/c1-12(10-17-6-3-2-4-7-17)16-14(18)9-13-11-21(19,20)8-5-15-13/h12-13,15H,2-11H2,1H3,(H,16,18). The Morgan fingerprint density at radius 2 is 2.05 bits per heavy atom. The third-order valence-electron chi connectivity index (χ3n) is 4.12. The van der Waals surface area contributed by atoms with E-state index in [9.17, 15) is 13.2 Å². The van der Waals surface area contributed by atoms with Gasteiger partial charge in [0, 0.05) is 31.6 Å². The van der Waals surface area contributed by atoms with Crippen LogP contribution in [0.15, 0.2) is 0 Å². The molecule has 0 spiro atoms. The van der Waals surface area contributed by atoms with Crippen molar-refractivity contribution in [2.24, 2.45) is 0 Å². The predicted octanol–water partition coefficient (Wildman–Crippen LogP) is -0.246. The molecule has 7 heteroatoms. The van der Waals surface area contributed by atoms with Crippen molar-refractivity contribution in [3.05, 3.63) is 0 Å². The highest BCUT2D eigenvalue weighted by molar-refractivity contribution is 7.91. The van der Waals surface area contributed by atoms with Crippen LogP contribution in [0.3, 0.4) is 0 Å². The van der Waals surface area contributed by atoms with Crippen molar-refractivity contribution in [3.8, 4) is 0 Å². The number of nitrogens with one attached hydrogen (secondary N) is 2. The number of nitrogens with zero attached hydrogens (tertiary/aromatic N) is 1. The van der Waals surface area contributed by atoms with E-state index in [1.54, 1.807) is 0 Å². The third-order valence-corrected chi connectivity index (χ3v) is 5.86. The molecule has 21 heavy (non-hydrogen) atoms. The van der Waals surface area contributed by atoms with E-state index >= 15 is 0 Å². The van der Waals surface area contributed by atoms with Crippen LogP contribution in [0, 0.1) is 0 Å². The molecule has 2 aliphatic heterocycles. The molecule has 6 nitrogen and oxygen atoms in total. The van der Waals surface area contributed by atoms with E-state index < -0.39 is 9.84 Å². The Bertz CT molecular complexity index is 446. The molecular formula is C14H27N3O3S. The van der Waals surface area contributed by atoms with Gasteiger partial charge in [-0.2, -0.15) is 0 Å². The number of amides is 1. The summed E-state index contributed by atoms with van der Waals surface area (Å²) in [6.07, 6.45) is 4.03. The molecule has 2 heterocycles. The van der Waals surface area contributed by atoms with Crippen molar-refractivity contribution in [3.63, 3.8) is 0 Å². The number of hydrogen-bond acceptors (Lipinski definition) is 5. The van der Waals surface area contributed by atoms with Gasteiger partial charge in [-0.1, -0.05) is 6.42 Å². The van der Waals surface area contributed by atoms with Crippen LogP contribution in [-0.2, 0) is 14.6 Å². The molecule has 122 valence electrons. The molecular weight excluding hydrogens is 290 g/mol. The minimum Gasteiger partial charge on any atom is -0.352 e. The van der Waals surface area contributed by atoms with Crippen LogP contribution in [0.25, 0.3) is 0 Å². The molecule has 2 N–H and O–H groups in total. The normalized spacial score (nSPS) is 28.0. The van der Waals surface area contributed by atoms with Gasteiger partial charge in [-0.3, -0.25) is 4.79 Å². The van der Waals surface area contributed by atoms with Crippen molar-refractivity contribution >= 4 is 15.7 Å². The lowest BCUT2D eigenvalue weighted by Gasteiger charge is -2.30. The van der Waals surface area contributed by atoms with Gasteiger partial charge in [-0.25, -0.2) is 8.42 Å². The van der Waals surface area contributed by atoms with Crippen LogP contribution in [0.5, 0.6) is 0 Å². The molecule has 2 rings (SSSR count). The number of piperidine rings is 1. The molecule has 0 aromatic rings. The smallest absolute Gasteiger partial charge is 0.221 e. The minimum atomic E-state index is -2.98. The van der Waals surface area contributed by atoms with Crippen LogP contribution in [0.2, 0.25) is 0 Å². The van der Waals surface area contributed by atoms with Gasteiger partial charge >= 0.3 is 0 Å². The Morgan fingerprint density at radius 3 is 2.71 bits per heavy atom. The molecule has 0 radical (unpaired) electrons.